The predicted molar refractivity (Wildman–Crippen MR) is 57.8 cm³/mol. The first kappa shape index (κ1) is 11.9. The zero-order valence-corrected chi connectivity index (χ0v) is 9.00. The van der Waals surface area contributed by atoms with Crippen LogP contribution in [0.15, 0.2) is 30.1 Å². The first-order chi connectivity index (χ1) is 6.02. The Balaban J connectivity index is 4.59. The molecule has 0 amide bonds. The van der Waals surface area contributed by atoms with Gasteiger partial charge in [0.15, 0.2) is 0 Å². The highest BCUT2D eigenvalue weighted by Crippen LogP contribution is 2.14. The van der Waals surface area contributed by atoms with Crippen molar-refractivity contribution in [2.45, 2.75) is 20.8 Å². The Morgan fingerprint density at radius 1 is 1.38 bits per heavy atom. The normalized spacial score (nSPS) is 14.1. The Morgan fingerprint density at radius 2 is 1.92 bits per heavy atom. The molecule has 0 fully saturated rings. The highest BCUT2D eigenvalue weighted by Gasteiger charge is 2.11. The molecule has 1 unspecified atom stereocenters. The molecule has 0 aliphatic carbocycles. The summed E-state index contributed by atoms with van der Waals surface area (Å²) in [6, 6.07) is 0. The van der Waals surface area contributed by atoms with Crippen molar-refractivity contribution in [1.82, 2.24) is 0 Å². The lowest BCUT2D eigenvalue weighted by atomic mass is 9.93. The van der Waals surface area contributed by atoms with Gasteiger partial charge in [0, 0.05) is 11.6 Å². The smallest absolute Gasteiger partial charge is 0.205 e. The third kappa shape index (κ3) is 3.92. The number of ether oxygens (including phenoxy) is 1. The lowest BCUT2D eigenvalue weighted by Gasteiger charge is -2.15. The summed E-state index contributed by atoms with van der Waals surface area (Å²) in [6.07, 6.45) is 1.76. The van der Waals surface area contributed by atoms with E-state index in [2.05, 4.69) is 38.9 Å². The topological polar surface area (TPSA) is 21.6 Å². The molecule has 74 valence electrons. The van der Waals surface area contributed by atoms with E-state index in [-0.39, 0.29) is 0 Å². The van der Waals surface area contributed by atoms with Gasteiger partial charge in [-0.3, -0.25) is 0 Å². The van der Waals surface area contributed by atoms with Gasteiger partial charge < -0.3 is 4.74 Å². The van der Waals surface area contributed by atoms with Crippen molar-refractivity contribution in [1.29, 1.82) is 0 Å². The van der Waals surface area contributed by atoms with Crippen LogP contribution >= 0.6 is 0 Å². The van der Waals surface area contributed by atoms with Crippen LogP contribution in [0, 0.1) is 11.8 Å². The lowest BCUT2D eigenvalue weighted by molar-refractivity contribution is 0.290. The van der Waals surface area contributed by atoms with Crippen molar-refractivity contribution in [3.8, 4) is 0 Å². The zero-order chi connectivity index (χ0) is 10.4. The third-order valence-electron chi connectivity index (χ3n) is 2.17. The molecule has 0 aromatic carbocycles. The Morgan fingerprint density at radius 3 is 2.23 bits per heavy atom. The minimum atomic E-state index is 0.379. The third-order valence-corrected chi connectivity index (χ3v) is 2.17. The van der Waals surface area contributed by atoms with Crippen LogP contribution in [0.3, 0.4) is 0 Å². The number of nitrogens with zero attached hydrogens (tertiary/aromatic N) is 1. The Kier molecular flexibility index (Phi) is 5.12. The van der Waals surface area contributed by atoms with Gasteiger partial charge in [0.25, 0.3) is 0 Å². The van der Waals surface area contributed by atoms with Crippen molar-refractivity contribution in [3.05, 3.63) is 25.1 Å². The second-order valence-electron chi connectivity index (χ2n) is 3.37. The summed E-state index contributed by atoms with van der Waals surface area (Å²) in [5.74, 6) is 1.35. The van der Waals surface area contributed by atoms with E-state index in [4.69, 9.17) is 4.74 Å². The van der Waals surface area contributed by atoms with Crippen LogP contribution in [0.25, 0.3) is 0 Å². The van der Waals surface area contributed by atoms with Crippen molar-refractivity contribution >= 4 is 5.71 Å². The van der Waals surface area contributed by atoms with Crippen LogP contribution in [0.2, 0.25) is 0 Å². The van der Waals surface area contributed by atoms with Gasteiger partial charge in [-0.15, -0.1) is 0 Å². The summed E-state index contributed by atoms with van der Waals surface area (Å²) in [5, 5.41) is 0. The quantitative estimate of drug-likeness (QED) is 0.472. The van der Waals surface area contributed by atoms with Crippen molar-refractivity contribution in [2.24, 2.45) is 16.8 Å². The fourth-order valence-electron chi connectivity index (χ4n) is 0.865. The molecule has 0 aromatic rings. The lowest BCUT2D eigenvalue weighted by Crippen LogP contribution is -2.14. The number of allylic oxidation sites excluding steroid dienone is 1. The van der Waals surface area contributed by atoms with Crippen LogP contribution < -0.4 is 0 Å². The van der Waals surface area contributed by atoms with Crippen LogP contribution in [0.1, 0.15) is 20.8 Å². The molecule has 0 heterocycles. The molecule has 0 aliphatic heterocycles. The maximum absolute atomic E-state index is 4.88. The first-order valence-corrected chi connectivity index (χ1v) is 4.46. The molecule has 0 rings (SSSR count). The first-order valence-electron chi connectivity index (χ1n) is 4.46. The number of aliphatic imine (C=N–C) groups is 1. The van der Waals surface area contributed by atoms with Gasteiger partial charge in [0.1, 0.15) is 0 Å². The highest BCUT2D eigenvalue weighted by molar-refractivity contribution is 5.96. The SMILES string of the molecule is C=C/C(=N\C(=C)OC)C(C)C(C)C. The molecule has 0 saturated heterocycles. The highest BCUT2D eigenvalue weighted by atomic mass is 16.5. The van der Waals surface area contributed by atoms with E-state index in [0.29, 0.717) is 17.7 Å². The summed E-state index contributed by atoms with van der Waals surface area (Å²) in [5.41, 5.74) is 0.932. The second kappa shape index (κ2) is 5.57. The van der Waals surface area contributed by atoms with E-state index >= 15 is 0 Å². The average molecular weight is 181 g/mol. The van der Waals surface area contributed by atoms with Gasteiger partial charge in [0.05, 0.1) is 7.11 Å². The van der Waals surface area contributed by atoms with Gasteiger partial charge in [-0.2, -0.15) is 0 Å². The largest absolute Gasteiger partial charge is 0.481 e. The molecule has 0 bridgehead atoms. The van der Waals surface area contributed by atoms with Crippen molar-refractivity contribution < 1.29 is 4.74 Å². The molecule has 0 spiro atoms. The maximum Gasteiger partial charge on any atom is 0.205 e. The number of rotatable bonds is 5. The molecule has 0 saturated carbocycles. The molecule has 0 N–H and O–H groups in total. The van der Waals surface area contributed by atoms with Crippen LogP contribution in [0.5, 0.6) is 0 Å². The van der Waals surface area contributed by atoms with Crippen molar-refractivity contribution in [2.75, 3.05) is 7.11 Å². The second-order valence-corrected chi connectivity index (χ2v) is 3.37. The maximum atomic E-state index is 4.88. The molecule has 1 atom stereocenters. The Hall–Kier alpha value is -1.05. The van der Waals surface area contributed by atoms with Crippen LogP contribution in [-0.2, 0) is 4.74 Å². The van der Waals surface area contributed by atoms with Crippen LogP contribution in [-0.4, -0.2) is 12.8 Å². The molecular formula is C11H19NO. The summed E-state index contributed by atoms with van der Waals surface area (Å²) < 4.78 is 4.88. The van der Waals surface area contributed by atoms with E-state index in [1.165, 1.54) is 0 Å². The predicted octanol–water partition coefficient (Wildman–Crippen LogP) is 3.02. The van der Waals surface area contributed by atoms with E-state index in [1.807, 2.05) is 0 Å². The monoisotopic (exact) mass is 181 g/mol. The van der Waals surface area contributed by atoms with Gasteiger partial charge in [-0.1, -0.05) is 27.4 Å². The Labute approximate surface area is 81.0 Å². The molecule has 0 aromatic heterocycles. The van der Waals surface area contributed by atoms with E-state index in [0.717, 1.165) is 5.71 Å². The standard InChI is InChI=1S/C11H19NO/c1-7-11(9(4)8(2)3)12-10(5)13-6/h7-9H,1,5H2,2-4,6H3/b12-11+. The molecule has 2 heteroatoms. The molecule has 13 heavy (non-hydrogen) atoms. The van der Waals surface area contributed by atoms with Crippen LogP contribution in [0.4, 0.5) is 0 Å². The number of methoxy groups -OCH3 is 1. The fraction of sp³-hybridized carbons (Fsp3) is 0.545. The van der Waals surface area contributed by atoms with Gasteiger partial charge in [-0.25, -0.2) is 4.99 Å². The van der Waals surface area contributed by atoms with Gasteiger partial charge in [-0.05, 0) is 18.6 Å². The fourth-order valence-corrected chi connectivity index (χ4v) is 0.865. The van der Waals surface area contributed by atoms with E-state index in [9.17, 15) is 0 Å². The number of hydrogen-bond donors (Lipinski definition) is 0. The minimum Gasteiger partial charge on any atom is -0.481 e. The number of hydrogen-bond acceptors (Lipinski definition) is 2. The summed E-state index contributed by atoms with van der Waals surface area (Å²) in [7, 11) is 1.56. The van der Waals surface area contributed by atoms with E-state index in [1.54, 1.807) is 13.2 Å². The summed E-state index contributed by atoms with van der Waals surface area (Å²) >= 11 is 0. The molecule has 0 aliphatic rings. The van der Waals surface area contributed by atoms with Crippen molar-refractivity contribution in [3.63, 3.8) is 0 Å². The van der Waals surface area contributed by atoms with Gasteiger partial charge in [0.2, 0.25) is 5.88 Å². The molecule has 2 nitrogen and oxygen atoms in total. The zero-order valence-electron chi connectivity index (χ0n) is 9.00. The summed E-state index contributed by atoms with van der Waals surface area (Å²) in [6.45, 7) is 13.8. The average Bonchev–Trinajstić information content (AvgIpc) is 2.12. The minimum absolute atomic E-state index is 0.379. The Bertz CT molecular complexity index is 216. The molecule has 0 radical (unpaired) electrons. The van der Waals surface area contributed by atoms with E-state index < -0.39 is 0 Å². The summed E-state index contributed by atoms with van der Waals surface area (Å²) in [4.78, 5) is 4.22. The van der Waals surface area contributed by atoms with Gasteiger partial charge >= 0.3 is 0 Å². The molecular weight excluding hydrogens is 162 g/mol.